The first kappa shape index (κ1) is 15.2. The van der Waals surface area contributed by atoms with Crippen molar-refractivity contribution in [3.8, 4) is 0 Å². The third kappa shape index (κ3) is 4.81. The summed E-state index contributed by atoms with van der Waals surface area (Å²) in [6.45, 7) is 14.2. The Labute approximate surface area is 112 Å². The van der Waals surface area contributed by atoms with Crippen LogP contribution in [0.2, 0.25) is 0 Å². The standard InChI is InChI=1S/C15H29N3/c1-6-16-11-14(8-12(3)4)10-15-9-13(5)17-18(15)7-2/h9,12,14,16H,6-8,10-11H2,1-5H3. The quantitative estimate of drug-likeness (QED) is 0.769. The summed E-state index contributed by atoms with van der Waals surface area (Å²) in [5.74, 6) is 1.47. The molecular weight excluding hydrogens is 222 g/mol. The Morgan fingerprint density at radius 3 is 2.61 bits per heavy atom. The number of nitrogens with zero attached hydrogens (tertiary/aromatic N) is 2. The van der Waals surface area contributed by atoms with Crippen molar-refractivity contribution in [1.82, 2.24) is 15.1 Å². The monoisotopic (exact) mass is 251 g/mol. The van der Waals surface area contributed by atoms with Crippen LogP contribution in [0.4, 0.5) is 0 Å². The molecule has 0 fully saturated rings. The zero-order valence-corrected chi connectivity index (χ0v) is 12.7. The van der Waals surface area contributed by atoms with Crippen LogP contribution in [0.25, 0.3) is 0 Å². The lowest BCUT2D eigenvalue weighted by Gasteiger charge is -2.19. The normalized spacial score (nSPS) is 13.2. The Kier molecular flexibility index (Phi) is 6.41. The molecular formula is C15H29N3. The van der Waals surface area contributed by atoms with Crippen LogP contribution < -0.4 is 5.32 Å². The molecule has 0 amide bonds. The maximum atomic E-state index is 4.54. The van der Waals surface area contributed by atoms with E-state index in [2.05, 4.69) is 55.8 Å². The van der Waals surface area contributed by atoms with Gasteiger partial charge in [-0.15, -0.1) is 0 Å². The summed E-state index contributed by atoms with van der Waals surface area (Å²) in [7, 11) is 0. The van der Waals surface area contributed by atoms with Gasteiger partial charge in [-0.1, -0.05) is 20.8 Å². The topological polar surface area (TPSA) is 29.9 Å². The van der Waals surface area contributed by atoms with E-state index < -0.39 is 0 Å². The summed E-state index contributed by atoms with van der Waals surface area (Å²) in [6.07, 6.45) is 2.42. The van der Waals surface area contributed by atoms with Crippen molar-refractivity contribution < 1.29 is 0 Å². The molecule has 0 aliphatic heterocycles. The third-order valence-corrected chi connectivity index (χ3v) is 3.27. The smallest absolute Gasteiger partial charge is 0.0596 e. The molecule has 0 spiro atoms. The van der Waals surface area contributed by atoms with Gasteiger partial charge in [0.2, 0.25) is 0 Å². The van der Waals surface area contributed by atoms with E-state index in [1.165, 1.54) is 12.1 Å². The second-order valence-electron chi connectivity index (χ2n) is 5.60. The van der Waals surface area contributed by atoms with Gasteiger partial charge < -0.3 is 5.32 Å². The van der Waals surface area contributed by atoms with Crippen LogP contribution in [0, 0.1) is 18.8 Å². The third-order valence-electron chi connectivity index (χ3n) is 3.27. The summed E-state index contributed by atoms with van der Waals surface area (Å²) < 4.78 is 2.15. The zero-order chi connectivity index (χ0) is 13.5. The summed E-state index contributed by atoms with van der Waals surface area (Å²) in [5.41, 5.74) is 2.53. The fourth-order valence-electron chi connectivity index (χ4n) is 2.59. The van der Waals surface area contributed by atoms with Crippen molar-refractivity contribution in [3.05, 3.63) is 17.5 Å². The Bertz CT molecular complexity index is 342. The molecule has 18 heavy (non-hydrogen) atoms. The van der Waals surface area contributed by atoms with Gasteiger partial charge in [0.05, 0.1) is 5.69 Å². The molecule has 0 saturated carbocycles. The van der Waals surface area contributed by atoms with E-state index >= 15 is 0 Å². The Hall–Kier alpha value is -0.830. The molecule has 0 bridgehead atoms. The van der Waals surface area contributed by atoms with E-state index in [9.17, 15) is 0 Å². The van der Waals surface area contributed by atoms with E-state index in [0.29, 0.717) is 5.92 Å². The van der Waals surface area contributed by atoms with Crippen molar-refractivity contribution in [2.75, 3.05) is 13.1 Å². The van der Waals surface area contributed by atoms with Crippen LogP contribution >= 0.6 is 0 Å². The average Bonchev–Trinajstić information content (AvgIpc) is 2.65. The fraction of sp³-hybridized carbons (Fsp3) is 0.800. The lowest BCUT2D eigenvalue weighted by atomic mass is 9.92. The van der Waals surface area contributed by atoms with E-state index in [1.807, 2.05) is 0 Å². The Morgan fingerprint density at radius 2 is 2.06 bits per heavy atom. The van der Waals surface area contributed by atoms with Gasteiger partial charge in [-0.2, -0.15) is 5.10 Å². The highest BCUT2D eigenvalue weighted by molar-refractivity contribution is 5.09. The van der Waals surface area contributed by atoms with Crippen LogP contribution in [0.1, 0.15) is 45.5 Å². The maximum absolute atomic E-state index is 4.54. The molecule has 3 nitrogen and oxygen atoms in total. The molecule has 1 aromatic heterocycles. The van der Waals surface area contributed by atoms with Crippen molar-refractivity contribution in [3.63, 3.8) is 0 Å². The maximum Gasteiger partial charge on any atom is 0.0596 e. The number of nitrogens with one attached hydrogen (secondary N) is 1. The number of rotatable bonds is 8. The van der Waals surface area contributed by atoms with Crippen LogP contribution in [0.15, 0.2) is 6.07 Å². The summed E-state index contributed by atoms with van der Waals surface area (Å²) in [5, 5.41) is 8.03. The average molecular weight is 251 g/mol. The number of aromatic nitrogens is 2. The highest BCUT2D eigenvalue weighted by Crippen LogP contribution is 2.17. The van der Waals surface area contributed by atoms with Gasteiger partial charge in [0.25, 0.3) is 0 Å². The van der Waals surface area contributed by atoms with Crippen molar-refractivity contribution in [2.45, 2.75) is 54.0 Å². The fourth-order valence-corrected chi connectivity index (χ4v) is 2.59. The van der Waals surface area contributed by atoms with E-state index in [0.717, 1.165) is 37.7 Å². The number of aryl methyl sites for hydroxylation is 2. The molecule has 1 N–H and O–H groups in total. The number of hydrogen-bond donors (Lipinski definition) is 1. The minimum absolute atomic E-state index is 0.714. The highest BCUT2D eigenvalue weighted by atomic mass is 15.3. The molecule has 1 unspecified atom stereocenters. The first-order chi connectivity index (χ1) is 8.56. The van der Waals surface area contributed by atoms with Gasteiger partial charge in [-0.05, 0) is 57.7 Å². The zero-order valence-electron chi connectivity index (χ0n) is 12.7. The van der Waals surface area contributed by atoms with E-state index in [-0.39, 0.29) is 0 Å². The van der Waals surface area contributed by atoms with Crippen LogP contribution in [-0.4, -0.2) is 22.9 Å². The molecule has 0 aliphatic rings. The largest absolute Gasteiger partial charge is 0.317 e. The molecule has 3 heteroatoms. The number of hydrogen-bond acceptors (Lipinski definition) is 2. The summed E-state index contributed by atoms with van der Waals surface area (Å²) >= 11 is 0. The molecule has 104 valence electrons. The first-order valence-corrected chi connectivity index (χ1v) is 7.30. The molecule has 0 aliphatic carbocycles. The molecule has 1 aromatic rings. The molecule has 1 heterocycles. The van der Waals surface area contributed by atoms with Crippen LogP contribution in [0.3, 0.4) is 0 Å². The highest BCUT2D eigenvalue weighted by Gasteiger charge is 2.14. The molecule has 0 radical (unpaired) electrons. The van der Waals surface area contributed by atoms with Crippen LogP contribution in [-0.2, 0) is 13.0 Å². The van der Waals surface area contributed by atoms with E-state index in [1.54, 1.807) is 0 Å². The SMILES string of the molecule is CCNCC(Cc1cc(C)nn1CC)CC(C)C. The van der Waals surface area contributed by atoms with E-state index in [4.69, 9.17) is 0 Å². The van der Waals surface area contributed by atoms with Gasteiger partial charge >= 0.3 is 0 Å². The van der Waals surface area contributed by atoms with Crippen LogP contribution in [0.5, 0.6) is 0 Å². The minimum atomic E-state index is 0.714. The van der Waals surface area contributed by atoms with Gasteiger partial charge in [0.15, 0.2) is 0 Å². The van der Waals surface area contributed by atoms with Gasteiger partial charge in [-0.3, -0.25) is 4.68 Å². The minimum Gasteiger partial charge on any atom is -0.317 e. The predicted molar refractivity (Wildman–Crippen MR) is 77.8 cm³/mol. The second kappa shape index (κ2) is 7.57. The van der Waals surface area contributed by atoms with Crippen molar-refractivity contribution in [1.29, 1.82) is 0 Å². The predicted octanol–water partition coefficient (Wildman–Crippen LogP) is 3.03. The molecule has 1 atom stereocenters. The van der Waals surface area contributed by atoms with Crippen molar-refractivity contribution in [2.24, 2.45) is 11.8 Å². The lowest BCUT2D eigenvalue weighted by Crippen LogP contribution is -2.26. The van der Waals surface area contributed by atoms with Crippen molar-refractivity contribution >= 4 is 0 Å². The molecule has 0 saturated heterocycles. The van der Waals surface area contributed by atoms with Gasteiger partial charge in [0, 0.05) is 12.2 Å². The summed E-state index contributed by atoms with van der Waals surface area (Å²) in [6, 6.07) is 2.24. The Morgan fingerprint density at radius 1 is 1.33 bits per heavy atom. The van der Waals surface area contributed by atoms with Gasteiger partial charge in [0.1, 0.15) is 0 Å². The Balaban J connectivity index is 2.68. The first-order valence-electron chi connectivity index (χ1n) is 7.30. The van der Waals surface area contributed by atoms with Gasteiger partial charge in [-0.25, -0.2) is 0 Å². The lowest BCUT2D eigenvalue weighted by molar-refractivity contribution is 0.379. The molecule has 0 aromatic carbocycles. The summed E-state index contributed by atoms with van der Waals surface area (Å²) in [4.78, 5) is 0. The second-order valence-corrected chi connectivity index (χ2v) is 5.60. The molecule has 1 rings (SSSR count).